The second kappa shape index (κ2) is 4.79. The van der Waals surface area contributed by atoms with Gasteiger partial charge in [0, 0.05) is 17.8 Å². The van der Waals surface area contributed by atoms with Gasteiger partial charge in [-0.15, -0.1) is 0 Å². The van der Waals surface area contributed by atoms with E-state index >= 15 is 0 Å². The number of hydrogen-bond donors (Lipinski definition) is 1. The molecule has 1 aromatic rings. The molecule has 2 aliphatic rings. The Labute approximate surface area is 112 Å². The first-order valence-electron chi connectivity index (χ1n) is 7.00. The standard InChI is InChI=1S/C14H19N3O2/c1-9-4-3-7-17(12(9)14(18)19)13-10-5-2-6-11(10)15-8-16-13/h8-9,12H,2-7H2,1H3,(H,18,19). The smallest absolute Gasteiger partial charge is 0.326 e. The first-order chi connectivity index (χ1) is 9.18. The van der Waals surface area contributed by atoms with Gasteiger partial charge in [-0.25, -0.2) is 14.8 Å². The van der Waals surface area contributed by atoms with Gasteiger partial charge in [-0.1, -0.05) is 6.92 Å². The van der Waals surface area contributed by atoms with Crippen LogP contribution in [-0.2, 0) is 17.6 Å². The van der Waals surface area contributed by atoms with Crippen LogP contribution in [0.2, 0.25) is 0 Å². The third kappa shape index (κ3) is 2.07. The van der Waals surface area contributed by atoms with E-state index in [9.17, 15) is 9.90 Å². The molecule has 0 amide bonds. The topological polar surface area (TPSA) is 66.3 Å². The SMILES string of the molecule is CC1CCCN(c2ncnc3c2CCC3)C1C(=O)O. The van der Waals surface area contributed by atoms with Gasteiger partial charge < -0.3 is 10.0 Å². The zero-order valence-electron chi connectivity index (χ0n) is 11.2. The summed E-state index contributed by atoms with van der Waals surface area (Å²) in [4.78, 5) is 22.3. The lowest BCUT2D eigenvalue weighted by Crippen LogP contribution is -2.50. The van der Waals surface area contributed by atoms with E-state index < -0.39 is 12.0 Å². The van der Waals surface area contributed by atoms with Crippen LogP contribution >= 0.6 is 0 Å². The lowest BCUT2D eigenvalue weighted by molar-refractivity contribution is -0.140. The molecule has 19 heavy (non-hydrogen) atoms. The minimum absolute atomic E-state index is 0.165. The van der Waals surface area contributed by atoms with E-state index in [2.05, 4.69) is 9.97 Å². The number of carbonyl (C=O) groups is 1. The number of anilines is 1. The summed E-state index contributed by atoms with van der Waals surface area (Å²) >= 11 is 0. The lowest BCUT2D eigenvalue weighted by atomic mass is 9.90. The largest absolute Gasteiger partial charge is 0.480 e. The van der Waals surface area contributed by atoms with Crippen molar-refractivity contribution in [2.45, 2.75) is 45.1 Å². The van der Waals surface area contributed by atoms with E-state index in [0.29, 0.717) is 0 Å². The van der Waals surface area contributed by atoms with Gasteiger partial charge in [-0.3, -0.25) is 0 Å². The fraction of sp³-hybridized carbons (Fsp3) is 0.643. The third-order valence-corrected chi connectivity index (χ3v) is 4.31. The summed E-state index contributed by atoms with van der Waals surface area (Å²) in [5.41, 5.74) is 2.27. The van der Waals surface area contributed by atoms with E-state index in [0.717, 1.165) is 50.2 Å². The Morgan fingerprint density at radius 1 is 1.37 bits per heavy atom. The second-order valence-electron chi connectivity index (χ2n) is 5.57. The van der Waals surface area contributed by atoms with Crippen molar-refractivity contribution in [2.75, 3.05) is 11.4 Å². The molecule has 1 N–H and O–H groups in total. The maximum absolute atomic E-state index is 11.6. The molecular weight excluding hydrogens is 242 g/mol. The molecule has 0 radical (unpaired) electrons. The van der Waals surface area contributed by atoms with E-state index in [4.69, 9.17) is 0 Å². The van der Waals surface area contributed by atoms with Crippen LogP contribution in [0.4, 0.5) is 5.82 Å². The van der Waals surface area contributed by atoms with Gasteiger partial charge in [0.1, 0.15) is 18.2 Å². The lowest BCUT2D eigenvalue weighted by Gasteiger charge is -2.38. The number of aryl methyl sites for hydroxylation is 1. The predicted octanol–water partition coefficient (Wildman–Crippen LogP) is 1.65. The fourth-order valence-electron chi connectivity index (χ4n) is 3.39. The first kappa shape index (κ1) is 12.4. The Morgan fingerprint density at radius 2 is 2.21 bits per heavy atom. The van der Waals surface area contributed by atoms with Crippen LogP contribution in [0.5, 0.6) is 0 Å². The summed E-state index contributed by atoms with van der Waals surface area (Å²) in [6, 6.07) is -0.451. The maximum atomic E-state index is 11.6. The summed E-state index contributed by atoms with van der Waals surface area (Å²) in [5.74, 6) is 0.289. The van der Waals surface area contributed by atoms with Crippen LogP contribution in [0, 0.1) is 5.92 Å². The van der Waals surface area contributed by atoms with Gasteiger partial charge in [0.2, 0.25) is 0 Å². The molecule has 5 nitrogen and oxygen atoms in total. The predicted molar refractivity (Wildman–Crippen MR) is 71.2 cm³/mol. The summed E-state index contributed by atoms with van der Waals surface area (Å²) in [5, 5.41) is 9.50. The van der Waals surface area contributed by atoms with Crippen molar-refractivity contribution in [3.63, 3.8) is 0 Å². The molecule has 0 bridgehead atoms. The minimum Gasteiger partial charge on any atom is -0.480 e. The third-order valence-electron chi connectivity index (χ3n) is 4.31. The van der Waals surface area contributed by atoms with Gasteiger partial charge in [0.15, 0.2) is 0 Å². The highest BCUT2D eigenvalue weighted by molar-refractivity contribution is 5.79. The molecule has 5 heteroatoms. The van der Waals surface area contributed by atoms with E-state index in [-0.39, 0.29) is 5.92 Å². The highest BCUT2D eigenvalue weighted by atomic mass is 16.4. The number of fused-ring (bicyclic) bond motifs is 1. The molecule has 1 aromatic heterocycles. The Morgan fingerprint density at radius 3 is 3.00 bits per heavy atom. The average Bonchev–Trinajstić information content (AvgIpc) is 2.85. The molecule has 0 aromatic carbocycles. The summed E-state index contributed by atoms with van der Waals surface area (Å²) in [7, 11) is 0. The van der Waals surface area contributed by atoms with Crippen molar-refractivity contribution in [2.24, 2.45) is 5.92 Å². The number of nitrogens with zero attached hydrogens (tertiary/aromatic N) is 3. The molecule has 1 fully saturated rings. The van der Waals surface area contributed by atoms with Crippen LogP contribution in [0.1, 0.15) is 37.4 Å². The normalized spacial score (nSPS) is 26.3. The Hall–Kier alpha value is -1.65. The van der Waals surface area contributed by atoms with Gasteiger partial charge in [0.05, 0.1) is 0 Å². The summed E-state index contributed by atoms with van der Waals surface area (Å²) in [6.07, 6.45) is 6.65. The minimum atomic E-state index is -0.738. The van der Waals surface area contributed by atoms with Crippen molar-refractivity contribution in [1.82, 2.24) is 9.97 Å². The van der Waals surface area contributed by atoms with Gasteiger partial charge in [-0.2, -0.15) is 0 Å². The summed E-state index contributed by atoms with van der Waals surface area (Å²) in [6.45, 7) is 2.80. The van der Waals surface area contributed by atoms with Gasteiger partial charge in [0.25, 0.3) is 0 Å². The molecule has 1 aliphatic heterocycles. The van der Waals surface area contributed by atoms with Crippen molar-refractivity contribution >= 4 is 11.8 Å². The average molecular weight is 261 g/mol. The quantitative estimate of drug-likeness (QED) is 0.877. The number of carboxylic acids is 1. The maximum Gasteiger partial charge on any atom is 0.326 e. The summed E-state index contributed by atoms with van der Waals surface area (Å²) < 4.78 is 0. The van der Waals surface area contributed by atoms with Gasteiger partial charge >= 0.3 is 5.97 Å². The molecule has 0 saturated carbocycles. The number of aliphatic carboxylic acids is 1. The van der Waals surface area contributed by atoms with Crippen molar-refractivity contribution in [3.8, 4) is 0 Å². The number of rotatable bonds is 2. The van der Waals surface area contributed by atoms with Crippen LogP contribution in [0.25, 0.3) is 0 Å². The van der Waals surface area contributed by atoms with E-state index in [1.165, 1.54) is 5.56 Å². The van der Waals surface area contributed by atoms with Gasteiger partial charge in [-0.05, 0) is 38.0 Å². The molecule has 2 unspecified atom stereocenters. The first-order valence-corrected chi connectivity index (χ1v) is 7.00. The molecule has 1 saturated heterocycles. The molecule has 2 heterocycles. The van der Waals surface area contributed by atoms with Crippen LogP contribution in [0.15, 0.2) is 6.33 Å². The number of carboxylic acid groups (broad SMARTS) is 1. The Balaban J connectivity index is 2.00. The van der Waals surface area contributed by atoms with E-state index in [1.54, 1.807) is 6.33 Å². The zero-order chi connectivity index (χ0) is 13.4. The Bertz CT molecular complexity index is 503. The molecule has 2 atom stereocenters. The molecule has 102 valence electrons. The monoisotopic (exact) mass is 261 g/mol. The van der Waals surface area contributed by atoms with Crippen LogP contribution in [-0.4, -0.2) is 33.6 Å². The molecule has 0 spiro atoms. The van der Waals surface area contributed by atoms with Crippen LogP contribution in [0.3, 0.4) is 0 Å². The Kier molecular flexibility index (Phi) is 3.12. The highest BCUT2D eigenvalue weighted by Crippen LogP contribution is 2.33. The van der Waals surface area contributed by atoms with E-state index in [1.807, 2.05) is 11.8 Å². The van der Waals surface area contributed by atoms with Crippen molar-refractivity contribution in [1.29, 1.82) is 0 Å². The van der Waals surface area contributed by atoms with Crippen molar-refractivity contribution in [3.05, 3.63) is 17.6 Å². The van der Waals surface area contributed by atoms with Crippen molar-refractivity contribution < 1.29 is 9.90 Å². The number of piperidine rings is 1. The van der Waals surface area contributed by atoms with Crippen LogP contribution < -0.4 is 4.90 Å². The number of aromatic nitrogens is 2. The highest BCUT2D eigenvalue weighted by Gasteiger charge is 2.36. The molecule has 3 rings (SSSR count). The zero-order valence-corrected chi connectivity index (χ0v) is 11.2. The second-order valence-corrected chi connectivity index (χ2v) is 5.57. The number of hydrogen-bond acceptors (Lipinski definition) is 4. The molecular formula is C14H19N3O2. The fourth-order valence-corrected chi connectivity index (χ4v) is 3.39. The molecule has 1 aliphatic carbocycles.